The highest BCUT2D eigenvalue weighted by molar-refractivity contribution is 5.97. The van der Waals surface area contributed by atoms with Crippen molar-refractivity contribution in [2.24, 2.45) is 12.8 Å². The molecule has 3 N–H and O–H groups in total. The topological polar surface area (TPSA) is 96.5 Å². The number of aryl methyl sites for hydroxylation is 1. The van der Waals surface area contributed by atoms with Gasteiger partial charge in [-0.3, -0.25) is 19.2 Å². The fourth-order valence-corrected chi connectivity index (χ4v) is 4.42. The molecule has 1 aromatic carbocycles. The molecule has 2 saturated heterocycles. The van der Waals surface area contributed by atoms with Gasteiger partial charge in [-0.1, -0.05) is 30.3 Å². The number of nitrogens with two attached hydrogens (primary N) is 1. The monoisotopic (exact) mass is 410 g/mol. The van der Waals surface area contributed by atoms with Crippen molar-refractivity contribution < 1.29 is 9.59 Å². The predicted molar refractivity (Wildman–Crippen MR) is 114 cm³/mol. The van der Waals surface area contributed by atoms with Crippen LogP contribution in [0.3, 0.4) is 0 Å². The summed E-state index contributed by atoms with van der Waals surface area (Å²) in [7, 11) is 1.92. The summed E-state index contributed by atoms with van der Waals surface area (Å²) in [6.07, 6.45) is 4.41. The fourth-order valence-electron chi connectivity index (χ4n) is 4.42. The van der Waals surface area contributed by atoms with Gasteiger partial charge in [-0.15, -0.1) is 0 Å². The summed E-state index contributed by atoms with van der Waals surface area (Å²) >= 11 is 0. The Kier molecular flexibility index (Phi) is 6.15. The summed E-state index contributed by atoms with van der Waals surface area (Å²) in [5.41, 5.74) is 8.71. The average Bonchev–Trinajstić information content (AvgIpc) is 3.12. The van der Waals surface area contributed by atoms with Gasteiger partial charge in [0.25, 0.3) is 0 Å². The van der Waals surface area contributed by atoms with E-state index >= 15 is 0 Å². The second kappa shape index (κ2) is 8.97. The lowest BCUT2D eigenvalue weighted by atomic mass is 9.99. The van der Waals surface area contributed by atoms with E-state index in [0.29, 0.717) is 32.6 Å². The maximum atomic E-state index is 12.9. The van der Waals surface area contributed by atoms with Crippen molar-refractivity contribution in [3.63, 3.8) is 0 Å². The zero-order valence-corrected chi connectivity index (χ0v) is 17.5. The molecule has 160 valence electrons. The third-order valence-corrected chi connectivity index (χ3v) is 5.96. The number of piperazine rings is 2. The molecule has 2 amide bonds. The molecule has 3 heterocycles. The molecule has 8 heteroatoms. The van der Waals surface area contributed by atoms with E-state index in [-0.39, 0.29) is 11.8 Å². The van der Waals surface area contributed by atoms with Crippen molar-refractivity contribution in [2.75, 3.05) is 26.2 Å². The van der Waals surface area contributed by atoms with Crippen LogP contribution < -0.4 is 11.1 Å². The summed E-state index contributed by atoms with van der Waals surface area (Å²) in [5, 5.41) is 7.57. The van der Waals surface area contributed by atoms with Crippen LogP contribution in [0.5, 0.6) is 0 Å². The Morgan fingerprint density at radius 2 is 1.97 bits per heavy atom. The van der Waals surface area contributed by atoms with Gasteiger partial charge < -0.3 is 16.0 Å². The Balaban J connectivity index is 1.43. The second-order valence-corrected chi connectivity index (χ2v) is 8.17. The number of carbonyl (C=O) groups excluding carboxylic acids is 2. The van der Waals surface area contributed by atoms with E-state index in [2.05, 4.69) is 27.4 Å². The number of fused-ring (bicyclic) bond motifs is 1. The first kappa shape index (κ1) is 20.6. The van der Waals surface area contributed by atoms with Gasteiger partial charge in [0.2, 0.25) is 11.8 Å². The maximum absolute atomic E-state index is 12.9. The number of aromatic nitrogens is 2. The molecule has 2 fully saturated rings. The van der Waals surface area contributed by atoms with Crippen LogP contribution in [0.1, 0.15) is 24.8 Å². The SMILES string of the molecule is Cn1cc(CN2CCN3C(=O)[C@H](CCCCN)NC(=O)[C@H]3C2)c(-c2ccccc2)n1. The summed E-state index contributed by atoms with van der Waals surface area (Å²) in [5.74, 6) is -0.00542. The van der Waals surface area contributed by atoms with Gasteiger partial charge in [-0.25, -0.2) is 0 Å². The standard InChI is InChI=1S/C22H30N6O2/c1-26-13-17(20(25-26)16-7-3-2-4-8-16)14-27-11-12-28-19(15-27)21(29)24-18(22(28)30)9-5-6-10-23/h2-4,7-8,13,18-19H,5-6,9-12,14-15,23H2,1H3,(H,24,29)/t18-,19+/m0/s1. The first-order valence-corrected chi connectivity index (χ1v) is 10.7. The van der Waals surface area contributed by atoms with Crippen LogP contribution in [-0.4, -0.2) is 69.7 Å². The van der Waals surface area contributed by atoms with Crippen LogP contribution in [0, 0.1) is 0 Å². The Labute approximate surface area is 177 Å². The summed E-state index contributed by atoms with van der Waals surface area (Å²) in [6, 6.07) is 9.30. The van der Waals surface area contributed by atoms with E-state index in [1.165, 1.54) is 0 Å². The molecule has 0 radical (unpaired) electrons. The second-order valence-electron chi connectivity index (χ2n) is 8.17. The van der Waals surface area contributed by atoms with E-state index in [1.54, 1.807) is 4.90 Å². The molecule has 8 nitrogen and oxygen atoms in total. The van der Waals surface area contributed by atoms with Crippen molar-refractivity contribution in [1.29, 1.82) is 0 Å². The Morgan fingerprint density at radius 1 is 1.17 bits per heavy atom. The van der Waals surface area contributed by atoms with Gasteiger partial charge in [-0.2, -0.15) is 5.10 Å². The molecule has 30 heavy (non-hydrogen) atoms. The Hall–Kier alpha value is -2.71. The molecule has 0 saturated carbocycles. The molecule has 0 unspecified atom stereocenters. The molecule has 2 atom stereocenters. The molecule has 0 spiro atoms. The third-order valence-electron chi connectivity index (χ3n) is 5.96. The summed E-state index contributed by atoms with van der Waals surface area (Å²) in [6.45, 7) is 3.16. The van der Waals surface area contributed by atoms with Crippen molar-refractivity contribution in [3.8, 4) is 11.3 Å². The van der Waals surface area contributed by atoms with Crippen LogP contribution in [0.15, 0.2) is 36.5 Å². The Bertz CT molecular complexity index is 896. The molecule has 2 aliphatic heterocycles. The highest BCUT2D eigenvalue weighted by Gasteiger charge is 2.43. The van der Waals surface area contributed by atoms with Gasteiger partial charge in [-0.05, 0) is 25.8 Å². The number of nitrogens with one attached hydrogen (secondary N) is 1. The van der Waals surface area contributed by atoms with Gasteiger partial charge in [0.05, 0.1) is 5.69 Å². The van der Waals surface area contributed by atoms with Gasteiger partial charge >= 0.3 is 0 Å². The van der Waals surface area contributed by atoms with E-state index in [4.69, 9.17) is 5.73 Å². The van der Waals surface area contributed by atoms with Crippen molar-refractivity contribution in [2.45, 2.75) is 37.9 Å². The zero-order chi connectivity index (χ0) is 21.1. The number of amides is 2. The van der Waals surface area contributed by atoms with Crippen LogP contribution in [0.4, 0.5) is 0 Å². The lowest BCUT2D eigenvalue weighted by molar-refractivity contribution is -0.153. The molecular formula is C22H30N6O2. The molecule has 0 bridgehead atoms. The van der Waals surface area contributed by atoms with Crippen LogP contribution in [0.25, 0.3) is 11.3 Å². The number of hydrogen-bond acceptors (Lipinski definition) is 5. The third kappa shape index (κ3) is 4.24. The smallest absolute Gasteiger partial charge is 0.245 e. The largest absolute Gasteiger partial charge is 0.342 e. The minimum atomic E-state index is -0.422. The molecule has 1 aromatic heterocycles. The number of rotatable bonds is 7. The van der Waals surface area contributed by atoms with Gasteiger partial charge in [0.1, 0.15) is 12.1 Å². The molecular weight excluding hydrogens is 380 g/mol. The maximum Gasteiger partial charge on any atom is 0.245 e. The van der Waals surface area contributed by atoms with Gasteiger partial charge in [0, 0.05) is 50.6 Å². The van der Waals surface area contributed by atoms with Crippen molar-refractivity contribution >= 4 is 11.8 Å². The molecule has 4 rings (SSSR count). The van der Waals surface area contributed by atoms with Crippen LogP contribution >= 0.6 is 0 Å². The van der Waals surface area contributed by atoms with E-state index < -0.39 is 12.1 Å². The average molecular weight is 411 g/mol. The highest BCUT2D eigenvalue weighted by Crippen LogP contribution is 2.25. The molecule has 0 aliphatic carbocycles. The molecule has 2 aliphatic rings. The van der Waals surface area contributed by atoms with Gasteiger partial charge in [0.15, 0.2) is 0 Å². The van der Waals surface area contributed by atoms with Crippen LogP contribution in [0.2, 0.25) is 0 Å². The first-order chi connectivity index (χ1) is 14.6. The normalized spacial score (nSPS) is 22.1. The van der Waals surface area contributed by atoms with Crippen LogP contribution in [-0.2, 0) is 23.2 Å². The number of hydrogen-bond donors (Lipinski definition) is 2. The van der Waals surface area contributed by atoms with E-state index in [1.807, 2.05) is 36.1 Å². The first-order valence-electron chi connectivity index (χ1n) is 10.7. The zero-order valence-electron chi connectivity index (χ0n) is 17.5. The minimum Gasteiger partial charge on any atom is -0.342 e. The minimum absolute atomic E-state index is 0.0441. The lowest BCUT2D eigenvalue weighted by Crippen LogP contribution is -2.69. The highest BCUT2D eigenvalue weighted by atomic mass is 16.2. The van der Waals surface area contributed by atoms with Crippen molar-refractivity contribution in [3.05, 3.63) is 42.1 Å². The van der Waals surface area contributed by atoms with E-state index in [9.17, 15) is 9.59 Å². The predicted octanol–water partition coefficient (Wildman–Crippen LogP) is 0.727. The summed E-state index contributed by atoms with van der Waals surface area (Å²) < 4.78 is 1.83. The number of unbranched alkanes of at least 4 members (excludes halogenated alkanes) is 1. The molecule has 2 aromatic rings. The number of nitrogens with zero attached hydrogens (tertiary/aromatic N) is 4. The fraction of sp³-hybridized carbons (Fsp3) is 0.500. The number of carbonyl (C=O) groups is 2. The lowest BCUT2D eigenvalue weighted by Gasteiger charge is -2.45. The van der Waals surface area contributed by atoms with Crippen molar-refractivity contribution in [1.82, 2.24) is 24.9 Å². The summed E-state index contributed by atoms with van der Waals surface area (Å²) in [4.78, 5) is 29.6. The van der Waals surface area contributed by atoms with E-state index in [0.717, 1.165) is 36.2 Å². The Morgan fingerprint density at radius 3 is 2.73 bits per heavy atom. The number of benzene rings is 1. The quantitative estimate of drug-likeness (QED) is 0.656.